The topological polar surface area (TPSA) is 73.4 Å². The highest BCUT2D eigenvalue weighted by Gasteiger charge is 2.25. The van der Waals surface area contributed by atoms with Crippen LogP contribution in [0.2, 0.25) is 0 Å². The van der Waals surface area contributed by atoms with E-state index in [1.807, 2.05) is 0 Å². The summed E-state index contributed by atoms with van der Waals surface area (Å²) in [5.41, 5.74) is 0.526. The van der Waals surface area contributed by atoms with Crippen LogP contribution in [-0.2, 0) is 16.6 Å². The number of hydrogen-bond acceptors (Lipinski definition) is 3. The molecule has 0 bridgehead atoms. The summed E-state index contributed by atoms with van der Waals surface area (Å²) >= 11 is 0. The first-order chi connectivity index (χ1) is 8.14. The van der Waals surface area contributed by atoms with E-state index in [9.17, 15) is 8.42 Å². The van der Waals surface area contributed by atoms with Crippen molar-refractivity contribution in [2.24, 2.45) is 0 Å². The van der Waals surface area contributed by atoms with Crippen LogP contribution < -0.4 is 0 Å². The van der Waals surface area contributed by atoms with Crippen LogP contribution in [0.3, 0.4) is 0 Å². The number of rotatable bonds is 3. The summed E-state index contributed by atoms with van der Waals surface area (Å²) < 4.78 is 26.1. The van der Waals surface area contributed by atoms with Gasteiger partial charge < -0.3 is 10.1 Å². The second-order valence-electron chi connectivity index (χ2n) is 4.34. The Morgan fingerprint density at radius 1 is 1.24 bits per heavy atom. The average Bonchev–Trinajstić information content (AvgIpc) is 2.64. The van der Waals surface area contributed by atoms with Gasteiger partial charge in [0.05, 0.1) is 11.5 Å². The fourth-order valence-electron chi connectivity index (χ4n) is 2.09. The molecule has 17 heavy (non-hydrogen) atoms. The zero-order chi connectivity index (χ0) is 12.3. The Labute approximate surface area is 102 Å². The van der Waals surface area contributed by atoms with Crippen molar-refractivity contribution in [1.82, 2.24) is 9.29 Å². The molecule has 96 valence electrons. The number of aliphatic hydroxyl groups excluding tert-OH is 1. The minimum Gasteiger partial charge on any atom is -0.390 e. The first-order valence-corrected chi connectivity index (χ1v) is 7.37. The summed E-state index contributed by atoms with van der Waals surface area (Å²) in [7, 11) is -3.38. The van der Waals surface area contributed by atoms with Gasteiger partial charge in [-0.25, -0.2) is 8.42 Å². The van der Waals surface area contributed by atoms with E-state index in [4.69, 9.17) is 5.11 Å². The van der Waals surface area contributed by atoms with Gasteiger partial charge in [-0.3, -0.25) is 0 Å². The lowest BCUT2D eigenvalue weighted by Crippen LogP contribution is -2.31. The van der Waals surface area contributed by atoms with Crippen molar-refractivity contribution in [3.8, 4) is 0 Å². The van der Waals surface area contributed by atoms with E-state index < -0.39 is 10.0 Å². The molecule has 5 nitrogen and oxygen atoms in total. The average molecular weight is 258 g/mol. The molecule has 2 rings (SSSR count). The maximum atomic E-state index is 12.3. The Hall–Kier alpha value is -0.850. The molecule has 1 fully saturated rings. The van der Waals surface area contributed by atoms with E-state index in [1.165, 1.54) is 12.3 Å². The fraction of sp³-hybridized carbons (Fsp3) is 0.636. The van der Waals surface area contributed by atoms with E-state index >= 15 is 0 Å². The van der Waals surface area contributed by atoms with E-state index in [2.05, 4.69) is 4.98 Å². The smallest absolute Gasteiger partial charge is 0.244 e. The first kappa shape index (κ1) is 12.6. The quantitative estimate of drug-likeness (QED) is 0.851. The van der Waals surface area contributed by atoms with Crippen LogP contribution in [0.15, 0.2) is 17.2 Å². The van der Waals surface area contributed by atoms with E-state index in [0.717, 1.165) is 25.7 Å². The zero-order valence-electron chi connectivity index (χ0n) is 9.72. The molecule has 1 aliphatic rings. The van der Waals surface area contributed by atoms with Crippen molar-refractivity contribution in [3.63, 3.8) is 0 Å². The van der Waals surface area contributed by atoms with Crippen molar-refractivity contribution in [2.75, 3.05) is 13.1 Å². The number of H-pyrrole nitrogens is 1. The third-order valence-electron chi connectivity index (χ3n) is 3.09. The molecule has 6 heteroatoms. The lowest BCUT2D eigenvalue weighted by Gasteiger charge is -2.18. The molecule has 1 aromatic rings. The second kappa shape index (κ2) is 5.20. The van der Waals surface area contributed by atoms with Crippen LogP contribution in [0, 0.1) is 0 Å². The molecular formula is C11H18N2O3S. The minimum atomic E-state index is -3.38. The SMILES string of the molecule is O=S(=O)(c1c[nH]c(CO)c1)N1CCCCCC1. The largest absolute Gasteiger partial charge is 0.390 e. The molecule has 0 radical (unpaired) electrons. The summed E-state index contributed by atoms with van der Waals surface area (Å²) in [4.78, 5) is 3.01. The van der Waals surface area contributed by atoms with Gasteiger partial charge in [-0.2, -0.15) is 4.31 Å². The standard InChI is InChI=1S/C11H18N2O3S/c14-9-10-7-11(8-12-10)17(15,16)13-5-3-1-2-4-6-13/h7-8,12,14H,1-6,9H2. The van der Waals surface area contributed by atoms with Crippen molar-refractivity contribution in [3.05, 3.63) is 18.0 Å². The molecule has 0 spiro atoms. The number of hydrogen-bond donors (Lipinski definition) is 2. The Morgan fingerprint density at radius 3 is 2.41 bits per heavy atom. The minimum absolute atomic E-state index is 0.171. The van der Waals surface area contributed by atoms with Gasteiger partial charge in [-0.05, 0) is 18.9 Å². The Kier molecular flexibility index (Phi) is 3.86. The molecule has 0 unspecified atom stereocenters. The van der Waals surface area contributed by atoms with Crippen LogP contribution in [0.4, 0.5) is 0 Å². The third-order valence-corrected chi connectivity index (χ3v) is 4.97. The van der Waals surface area contributed by atoms with Gasteiger partial charge in [0.2, 0.25) is 10.0 Å². The number of nitrogens with one attached hydrogen (secondary N) is 1. The Morgan fingerprint density at radius 2 is 1.88 bits per heavy atom. The highest BCUT2D eigenvalue weighted by molar-refractivity contribution is 7.89. The Bertz CT molecular complexity index is 459. The van der Waals surface area contributed by atoms with Gasteiger partial charge in [0.1, 0.15) is 0 Å². The Balaban J connectivity index is 2.22. The van der Waals surface area contributed by atoms with Gasteiger partial charge in [0, 0.05) is 25.0 Å². The normalized spacial score (nSPS) is 19.1. The van der Waals surface area contributed by atoms with Crippen LogP contribution in [-0.4, -0.2) is 35.9 Å². The van der Waals surface area contributed by atoms with Gasteiger partial charge in [0.15, 0.2) is 0 Å². The van der Waals surface area contributed by atoms with Crippen LogP contribution in [0.25, 0.3) is 0 Å². The van der Waals surface area contributed by atoms with Gasteiger partial charge in [0.25, 0.3) is 0 Å². The number of aliphatic hydroxyl groups is 1. The van der Waals surface area contributed by atoms with E-state index in [-0.39, 0.29) is 11.5 Å². The fourth-order valence-corrected chi connectivity index (χ4v) is 3.63. The van der Waals surface area contributed by atoms with Gasteiger partial charge >= 0.3 is 0 Å². The van der Waals surface area contributed by atoms with Crippen LogP contribution >= 0.6 is 0 Å². The molecule has 1 aliphatic heterocycles. The molecular weight excluding hydrogens is 240 g/mol. The predicted octanol–water partition coefficient (Wildman–Crippen LogP) is 1.07. The third kappa shape index (κ3) is 2.70. The summed E-state index contributed by atoms with van der Waals surface area (Å²) in [5, 5.41) is 8.93. The summed E-state index contributed by atoms with van der Waals surface area (Å²) in [5.74, 6) is 0. The molecule has 1 aromatic heterocycles. The molecule has 0 aliphatic carbocycles. The molecule has 0 atom stereocenters. The number of sulfonamides is 1. The summed E-state index contributed by atoms with van der Waals surface area (Å²) in [6, 6.07) is 1.50. The van der Waals surface area contributed by atoms with Crippen molar-refractivity contribution >= 4 is 10.0 Å². The number of nitrogens with zero attached hydrogens (tertiary/aromatic N) is 1. The molecule has 0 amide bonds. The number of aromatic nitrogens is 1. The highest BCUT2D eigenvalue weighted by Crippen LogP contribution is 2.20. The van der Waals surface area contributed by atoms with E-state index in [0.29, 0.717) is 18.8 Å². The monoisotopic (exact) mass is 258 g/mol. The summed E-state index contributed by atoms with van der Waals surface area (Å²) in [6.45, 7) is 1.03. The van der Waals surface area contributed by atoms with Crippen molar-refractivity contribution < 1.29 is 13.5 Å². The van der Waals surface area contributed by atoms with E-state index in [1.54, 1.807) is 4.31 Å². The van der Waals surface area contributed by atoms with Crippen LogP contribution in [0.5, 0.6) is 0 Å². The first-order valence-electron chi connectivity index (χ1n) is 5.93. The summed E-state index contributed by atoms with van der Waals surface area (Å²) in [6.07, 6.45) is 5.50. The molecule has 1 saturated heterocycles. The second-order valence-corrected chi connectivity index (χ2v) is 6.27. The van der Waals surface area contributed by atoms with Crippen molar-refractivity contribution in [2.45, 2.75) is 37.2 Å². The highest BCUT2D eigenvalue weighted by atomic mass is 32.2. The number of aromatic amines is 1. The van der Waals surface area contributed by atoms with Gasteiger partial charge in [-0.1, -0.05) is 12.8 Å². The van der Waals surface area contributed by atoms with Crippen molar-refractivity contribution in [1.29, 1.82) is 0 Å². The molecule has 2 N–H and O–H groups in total. The molecule has 2 heterocycles. The lowest BCUT2D eigenvalue weighted by molar-refractivity contribution is 0.277. The zero-order valence-corrected chi connectivity index (χ0v) is 10.5. The maximum absolute atomic E-state index is 12.3. The van der Waals surface area contributed by atoms with Crippen LogP contribution in [0.1, 0.15) is 31.4 Å². The molecule has 0 saturated carbocycles. The lowest BCUT2D eigenvalue weighted by atomic mass is 10.2. The maximum Gasteiger partial charge on any atom is 0.244 e. The molecule has 0 aromatic carbocycles. The van der Waals surface area contributed by atoms with Gasteiger partial charge in [-0.15, -0.1) is 0 Å². The predicted molar refractivity (Wildman–Crippen MR) is 63.9 cm³/mol.